The highest BCUT2D eigenvalue weighted by Crippen LogP contribution is 2.14. The largest absolute Gasteiger partial charge is 0.394 e. The van der Waals surface area contributed by atoms with Crippen LogP contribution in [0, 0.1) is 0 Å². The van der Waals surface area contributed by atoms with E-state index in [9.17, 15) is 4.79 Å². The quantitative estimate of drug-likeness (QED) is 0.807. The van der Waals surface area contributed by atoms with Gasteiger partial charge in [-0.15, -0.1) is 0 Å². The van der Waals surface area contributed by atoms with E-state index in [1.165, 1.54) is 0 Å². The number of hydrogen-bond acceptors (Lipinski definition) is 3. The molecule has 18 heavy (non-hydrogen) atoms. The van der Waals surface area contributed by atoms with E-state index >= 15 is 0 Å². The molecule has 0 bridgehead atoms. The molecule has 1 aromatic carbocycles. The third kappa shape index (κ3) is 3.74. The molecule has 4 heteroatoms. The molecule has 1 aromatic rings. The zero-order valence-electron chi connectivity index (χ0n) is 11.3. The van der Waals surface area contributed by atoms with Crippen LogP contribution in [0.5, 0.6) is 0 Å². The molecule has 0 aromatic heterocycles. The molecule has 0 saturated carbocycles. The van der Waals surface area contributed by atoms with E-state index in [0.29, 0.717) is 5.56 Å². The average Bonchev–Trinajstić information content (AvgIpc) is 2.40. The Bertz CT molecular complexity index is 372. The first-order valence-electron chi connectivity index (χ1n) is 6.39. The van der Waals surface area contributed by atoms with Crippen LogP contribution in [0.3, 0.4) is 0 Å². The van der Waals surface area contributed by atoms with Gasteiger partial charge in [-0.1, -0.05) is 0 Å². The Hall–Kier alpha value is -1.55. The number of hydrogen-bond donors (Lipinski definition) is 2. The monoisotopic (exact) mass is 250 g/mol. The van der Waals surface area contributed by atoms with Gasteiger partial charge < -0.3 is 15.3 Å². The predicted octanol–water partition coefficient (Wildman–Crippen LogP) is 1.64. The number of nitrogens with one attached hydrogen (secondary N) is 1. The minimum absolute atomic E-state index is 0.0523. The zero-order valence-corrected chi connectivity index (χ0v) is 11.3. The van der Waals surface area contributed by atoms with E-state index in [-0.39, 0.29) is 18.6 Å². The summed E-state index contributed by atoms with van der Waals surface area (Å²) in [5.41, 5.74) is 1.73. The molecule has 1 amide bonds. The van der Waals surface area contributed by atoms with Crippen molar-refractivity contribution in [1.29, 1.82) is 0 Å². The fraction of sp³-hybridized carbons (Fsp3) is 0.500. The maximum absolute atomic E-state index is 11.8. The standard InChI is InChI=1S/C14H22N2O2/c1-4-16(5-2)13-8-6-12(7-9-13)14(18)15-11(3)10-17/h6-9,11,17H,4-5,10H2,1-3H3,(H,15,18). The fourth-order valence-electron chi connectivity index (χ4n) is 1.77. The summed E-state index contributed by atoms with van der Waals surface area (Å²) < 4.78 is 0. The summed E-state index contributed by atoms with van der Waals surface area (Å²) in [4.78, 5) is 14.0. The Morgan fingerprint density at radius 2 is 1.83 bits per heavy atom. The number of benzene rings is 1. The van der Waals surface area contributed by atoms with E-state index in [1.54, 1.807) is 6.92 Å². The third-order valence-corrected chi connectivity index (χ3v) is 2.91. The van der Waals surface area contributed by atoms with E-state index in [2.05, 4.69) is 24.1 Å². The Balaban J connectivity index is 2.73. The van der Waals surface area contributed by atoms with Crippen molar-refractivity contribution >= 4 is 11.6 Å². The normalized spacial score (nSPS) is 12.0. The number of aliphatic hydroxyl groups is 1. The number of carbonyl (C=O) groups excluding carboxylic acids is 1. The van der Waals surface area contributed by atoms with Crippen LogP contribution in [0.1, 0.15) is 31.1 Å². The molecule has 0 fully saturated rings. The lowest BCUT2D eigenvalue weighted by Gasteiger charge is -2.21. The molecule has 1 rings (SSSR count). The van der Waals surface area contributed by atoms with Crippen molar-refractivity contribution < 1.29 is 9.90 Å². The number of nitrogens with zero attached hydrogens (tertiary/aromatic N) is 1. The van der Waals surface area contributed by atoms with Gasteiger partial charge in [-0.05, 0) is 45.0 Å². The van der Waals surface area contributed by atoms with Crippen molar-refractivity contribution in [2.75, 3.05) is 24.6 Å². The lowest BCUT2D eigenvalue weighted by molar-refractivity contribution is 0.0922. The van der Waals surface area contributed by atoms with Gasteiger partial charge in [-0.3, -0.25) is 4.79 Å². The maximum atomic E-state index is 11.8. The van der Waals surface area contributed by atoms with Gasteiger partial charge in [0.05, 0.1) is 6.61 Å². The SMILES string of the molecule is CCN(CC)c1ccc(C(=O)NC(C)CO)cc1. The second kappa shape index (κ2) is 7.01. The van der Waals surface area contributed by atoms with Crippen molar-refractivity contribution in [3.05, 3.63) is 29.8 Å². The summed E-state index contributed by atoms with van der Waals surface area (Å²) in [7, 11) is 0. The minimum atomic E-state index is -0.222. The van der Waals surface area contributed by atoms with E-state index in [4.69, 9.17) is 5.11 Å². The Morgan fingerprint density at radius 3 is 2.28 bits per heavy atom. The lowest BCUT2D eigenvalue weighted by Crippen LogP contribution is -2.35. The molecule has 2 N–H and O–H groups in total. The van der Waals surface area contributed by atoms with Gasteiger partial charge in [-0.25, -0.2) is 0 Å². The highest BCUT2D eigenvalue weighted by Gasteiger charge is 2.09. The topological polar surface area (TPSA) is 52.6 Å². The van der Waals surface area contributed by atoms with Crippen LogP contribution in [-0.4, -0.2) is 36.8 Å². The van der Waals surface area contributed by atoms with Gasteiger partial charge in [0.2, 0.25) is 0 Å². The summed E-state index contributed by atoms with van der Waals surface area (Å²) in [6.45, 7) is 7.82. The molecule has 1 unspecified atom stereocenters. The maximum Gasteiger partial charge on any atom is 0.251 e. The second-order valence-electron chi connectivity index (χ2n) is 4.28. The Kier molecular flexibility index (Phi) is 5.65. The highest BCUT2D eigenvalue weighted by atomic mass is 16.3. The predicted molar refractivity (Wildman–Crippen MR) is 74.0 cm³/mol. The summed E-state index contributed by atoms with van der Waals surface area (Å²) in [5.74, 6) is -0.150. The fourth-order valence-corrected chi connectivity index (χ4v) is 1.77. The van der Waals surface area contributed by atoms with E-state index < -0.39 is 0 Å². The first-order valence-corrected chi connectivity index (χ1v) is 6.39. The summed E-state index contributed by atoms with van der Waals surface area (Å²) in [6.07, 6.45) is 0. The first kappa shape index (κ1) is 14.5. The number of amides is 1. The third-order valence-electron chi connectivity index (χ3n) is 2.91. The van der Waals surface area contributed by atoms with Crippen molar-refractivity contribution in [1.82, 2.24) is 5.32 Å². The van der Waals surface area contributed by atoms with Crippen molar-refractivity contribution in [3.63, 3.8) is 0 Å². The summed E-state index contributed by atoms with van der Waals surface area (Å²) in [6, 6.07) is 7.30. The highest BCUT2D eigenvalue weighted by molar-refractivity contribution is 5.94. The van der Waals surface area contributed by atoms with Crippen LogP contribution in [0.25, 0.3) is 0 Å². The molecule has 0 radical (unpaired) electrons. The molecule has 0 saturated heterocycles. The van der Waals surface area contributed by atoms with E-state index in [1.807, 2.05) is 24.3 Å². The smallest absolute Gasteiger partial charge is 0.251 e. The minimum Gasteiger partial charge on any atom is -0.394 e. The zero-order chi connectivity index (χ0) is 13.5. The van der Waals surface area contributed by atoms with Crippen molar-refractivity contribution in [3.8, 4) is 0 Å². The van der Waals surface area contributed by atoms with Gasteiger partial charge in [0.25, 0.3) is 5.91 Å². The van der Waals surface area contributed by atoms with Gasteiger partial charge in [-0.2, -0.15) is 0 Å². The number of carbonyl (C=O) groups is 1. The van der Waals surface area contributed by atoms with Gasteiger partial charge in [0.15, 0.2) is 0 Å². The van der Waals surface area contributed by atoms with Gasteiger partial charge in [0.1, 0.15) is 0 Å². The molecule has 4 nitrogen and oxygen atoms in total. The summed E-state index contributed by atoms with van der Waals surface area (Å²) in [5, 5.41) is 11.6. The number of anilines is 1. The second-order valence-corrected chi connectivity index (χ2v) is 4.28. The van der Waals surface area contributed by atoms with Gasteiger partial charge in [0, 0.05) is 30.4 Å². The number of aliphatic hydroxyl groups excluding tert-OH is 1. The van der Waals surface area contributed by atoms with Crippen molar-refractivity contribution in [2.24, 2.45) is 0 Å². The van der Waals surface area contributed by atoms with Crippen LogP contribution in [0.15, 0.2) is 24.3 Å². The van der Waals surface area contributed by atoms with Crippen LogP contribution in [0.4, 0.5) is 5.69 Å². The van der Waals surface area contributed by atoms with Crippen LogP contribution in [0.2, 0.25) is 0 Å². The van der Waals surface area contributed by atoms with E-state index in [0.717, 1.165) is 18.8 Å². The Labute approximate surface area is 109 Å². The first-order chi connectivity index (χ1) is 8.62. The van der Waals surface area contributed by atoms with Crippen molar-refractivity contribution in [2.45, 2.75) is 26.8 Å². The molecule has 100 valence electrons. The van der Waals surface area contributed by atoms with Crippen LogP contribution < -0.4 is 10.2 Å². The molecule has 0 aliphatic heterocycles. The molecule has 1 atom stereocenters. The molecule has 0 aliphatic rings. The van der Waals surface area contributed by atoms with Crippen LogP contribution >= 0.6 is 0 Å². The molecular weight excluding hydrogens is 228 g/mol. The molecule has 0 spiro atoms. The van der Waals surface area contributed by atoms with Crippen LogP contribution in [-0.2, 0) is 0 Å². The molecule has 0 heterocycles. The lowest BCUT2D eigenvalue weighted by atomic mass is 10.1. The average molecular weight is 250 g/mol. The summed E-state index contributed by atoms with van der Waals surface area (Å²) >= 11 is 0. The number of rotatable bonds is 6. The molecule has 0 aliphatic carbocycles. The molecular formula is C14H22N2O2. The Morgan fingerprint density at radius 1 is 1.28 bits per heavy atom. The van der Waals surface area contributed by atoms with Gasteiger partial charge >= 0.3 is 0 Å².